The Kier molecular flexibility index (Phi) is 4.62. The van der Waals surface area contributed by atoms with Gasteiger partial charge in [0.25, 0.3) is 0 Å². The van der Waals surface area contributed by atoms with Crippen LogP contribution in [0.15, 0.2) is 0 Å². The molecule has 0 bridgehead atoms. The second-order valence-electron chi connectivity index (χ2n) is 13.0. The van der Waals surface area contributed by atoms with Crippen LogP contribution < -0.4 is 0 Å². The fourth-order valence-corrected chi connectivity index (χ4v) is 9.93. The Morgan fingerprint density at radius 1 is 1.00 bits per heavy atom. The van der Waals surface area contributed by atoms with Crippen LogP contribution in [0.4, 0.5) is 0 Å². The lowest BCUT2D eigenvalue weighted by atomic mass is 9.44. The van der Waals surface area contributed by atoms with Gasteiger partial charge in [-0.1, -0.05) is 27.7 Å². The number of hydrogen-bond acceptors (Lipinski definition) is 4. The van der Waals surface area contributed by atoms with Crippen LogP contribution in [0.2, 0.25) is 0 Å². The molecule has 2 heterocycles. The number of Topliss-reactive ketones (excluding diaryl/α,β-unsaturated/α-hetero) is 1. The van der Waals surface area contributed by atoms with Gasteiger partial charge in [0.1, 0.15) is 5.78 Å². The van der Waals surface area contributed by atoms with Crippen LogP contribution in [0.5, 0.6) is 0 Å². The number of aliphatic hydroxyl groups is 1. The Labute approximate surface area is 187 Å². The summed E-state index contributed by atoms with van der Waals surface area (Å²) in [7, 11) is 0. The molecule has 4 aliphatic carbocycles. The van der Waals surface area contributed by atoms with Crippen LogP contribution in [0.25, 0.3) is 0 Å². The first-order valence-corrected chi connectivity index (χ1v) is 13.2. The number of hydrogen-bond donors (Lipinski definition) is 1. The number of ether oxygens (including phenoxy) is 2. The van der Waals surface area contributed by atoms with Crippen molar-refractivity contribution in [1.82, 2.24) is 0 Å². The topological polar surface area (TPSA) is 55.8 Å². The van der Waals surface area contributed by atoms with Crippen molar-refractivity contribution >= 4 is 5.78 Å². The molecule has 12 atom stereocenters. The zero-order valence-electron chi connectivity index (χ0n) is 19.9. The Balaban J connectivity index is 1.30. The predicted octanol–water partition coefficient (Wildman–Crippen LogP) is 4.97. The third kappa shape index (κ3) is 2.68. The van der Waals surface area contributed by atoms with Crippen LogP contribution in [-0.2, 0) is 14.3 Å². The van der Waals surface area contributed by atoms with E-state index in [1.165, 1.54) is 12.8 Å². The van der Waals surface area contributed by atoms with E-state index >= 15 is 0 Å². The van der Waals surface area contributed by atoms with E-state index in [9.17, 15) is 9.90 Å². The first-order valence-electron chi connectivity index (χ1n) is 13.2. The molecular weight excluding hydrogens is 388 g/mol. The molecule has 4 nitrogen and oxygen atoms in total. The first-order chi connectivity index (χ1) is 14.7. The average molecular weight is 431 g/mol. The van der Waals surface area contributed by atoms with Crippen LogP contribution >= 0.6 is 0 Å². The van der Waals surface area contributed by atoms with E-state index < -0.39 is 5.79 Å². The second-order valence-corrected chi connectivity index (χ2v) is 13.0. The molecule has 4 heteroatoms. The first kappa shape index (κ1) is 21.1. The number of carbonyl (C=O) groups excluding carboxylic acids is 1. The Morgan fingerprint density at radius 3 is 2.55 bits per heavy atom. The summed E-state index contributed by atoms with van der Waals surface area (Å²) in [5.74, 6) is 3.45. The van der Waals surface area contributed by atoms with E-state index in [-0.39, 0.29) is 29.0 Å². The molecule has 4 saturated carbocycles. The van der Waals surface area contributed by atoms with Gasteiger partial charge in [-0.05, 0) is 80.0 Å². The van der Waals surface area contributed by atoms with E-state index in [4.69, 9.17) is 9.47 Å². The fraction of sp³-hybridized carbons (Fsp3) is 0.963. The average Bonchev–Trinajstić information content (AvgIpc) is 3.18. The van der Waals surface area contributed by atoms with Crippen molar-refractivity contribution in [2.75, 3.05) is 6.61 Å². The molecule has 6 fully saturated rings. The van der Waals surface area contributed by atoms with E-state index in [0.717, 1.165) is 51.6 Å². The van der Waals surface area contributed by atoms with Gasteiger partial charge in [0, 0.05) is 30.1 Å². The summed E-state index contributed by atoms with van der Waals surface area (Å²) in [5.41, 5.74) is -0.0221. The van der Waals surface area contributed by atoms with Crippen LogP contribution in [0.1, 0.15) is 85.5 Å². The minimum atomic E-state index is -0.448. The molecule has 0 aromatic heterocycles. The van der Waals surface area contributed by atoms with Crippen LogP contribution in [0.3, 0.4) is 0 Å². The molecule has 1 N–H and O–H groups in total. The largest absolute Gasteiger partial charge is 0.393 e. The lowest BCUT2D eigenvalue weighted by Crippen LogP contribution is -2.58. The Hall–Kier alpha value is -0.450. The van der Waals surface area contributed by atoms with Gasteiger partial charge >= 0.3 is 0 Å². The summed E-state index contributed by atoms with van der Waals surface area (Å²) < 4.78 is 13.2. The van der Waals surface area contributed by atoms with E-state index in [2.05, 4.69) is 27.7 Å². The number of ketones is 1. The summed E-state index contributed by atoms with van der Waals surface area (Å²) in [6.07, 6.45) is 9.39. The SMILES string of the molecule is C[C@H]1CC[C@]2(OC1)O[C@@H]1C[C@H]3[C@@H]4CC[C@H]5C[C@@H](O)CC[C@]5(C)[C@H]4CC(=O)[C@]3(C)[C@H]1[C@@H]2C. The summed E-state index contributed by atoms with van der Waals surface area (Å²) >= 11 is 0. The Bertz CT molecular complexity index is 756. The molecule has 0 amide bonds. The van der Waals surface area contributed by atoms with Crippen molar-refractivity contribution in [3.05, 3.63) is 0 Å². The maximum absolute atomic E-state index is 14.0. The fourth-order valence-electron chi connectivity index (χ4n) is 9.93. The van der Waals surface area contributed by atoms with Crippen molar-refractivity contribution in [3.63, 3.8) is 0 Å². The zero-order valence-corrected chi connectivity index (χ0v) is 19.9. The van der Waals surface area contributed by atoms with Gasteiger partial charge in [0.05, 0.1) is 18.8 Å². The number of carbonyl (C=O) groups is 1. The lowest BCUT2D eigenvalue weighted by Gasteiger charge is -2.60. The highest BCUT2D eigenvalue weighted by atomic mass is 16.7. The summed E-state index contributed by atoms with van der Waals surface area (Å²) in [4.78, 5) is 14.0. The van der Waals surface area contributed by atoms with Crippen molar-refractivity contribution < 1.29 is 19.4 Å². The third-order valence-electron chi connectivity index (χ3n) is 11.8. The van der Waals surface area contributed by atoms with Gasteiger partial charge in [-0.15, -0.1) is 0 Å². The molecule has 0 radical (unpaired) electrons. The van der Waals surface area contributed by atoms with Crippen LogP contribution in [-0.4, -0.2) is 35.5 Å². The van der Waals surface area contributed by atoms with Crippen molar-refractivity contribution in [3.8, 4) is 0 Å². The molecule has 6 rings (SSSR count). The van der Waals surface area contributed by atoms with Gasteiger partial charge in [0.15, 0.2) is 5.79 Å². The third-order valence-corrected chi connectivity index (χ3v) is 11.8. The highest BCUT2D eigenvalue weighted by Crippen LogP contribution is 2.70. The molecule has 1 spiro atoms. The minimum Gasteiger partial charge on any atom is -0.393 e. The van der Waals surface area contributed by atoms with Gasteiger partial charge in [-0.2, -0.15) is 0 Å². The van der Waals surface area contributed by atoms with E-state index in [0.29, 0.717) is 41.3 Å². The van der Waals surface area contributed by atoms with Crippen molar-refractivity contribution in [2.45, 2.75) is 103 Å². The highest BCUT2D eigenvalue weighted by Gasteiger charge is 2.71. The lowest BCUT2D eigenvalue weighted by molar-refractivity contribution is -0.272. The number of fused-ring (bicyclic) bond motifs is 7. The Morgan fingerprint density at radius 2 is 1.81 bits per heavy atom. The molecule has 2 aliphatic heterocycles. The van der Waals surface area contributed by atoms with Crippen molar-refractivity contribution in [2.24, 2.45) is 52.3 Å². The van der Waals surface area contributed by atoms with E-state index in [1.807, 2.05) is 0 Å². The zero-order chi connectivity index (χ0) is 21.8. The summed E-state index contributed by atoms with van der Waals surface area (Å²) in [5, 5.41) is 10.3. The molecule has 0 unspecified atom stereocenters. The number of rotatable bonds is 0. The monoisotopic (exact) mass is 430 g/mol. The molecular formula is C27H42O4. The minimum absolute atomic E-state index is 0.131. The van der Waals surface area contributed by atoms with Crippen LogP contribution in [0, 0.1) is 52.3 Å². The maximum atomic E-state index is 14.0. The quantitative estimate of drug-likeness (QED) is 0.589. The van der Waals surface area contributed by atoms with E-state index in [1.54, 1.807) is 0 Å². The molecule has 2 saturated heterocycles. The normalized spacial score (nSPS) is 60.9. The standard InChI is InChI=1S/C27H42O4/c1-15-7-10-27(30-14-15)16(2)24-22(31-27)12-21-19-6-5-17-11-18(28)8-9-25(17,3)20(19)13-23(29)26(21,24)4/h15-22,24,28H,5-14H2,1-4H3/t15-,16-,17-,18-,19+,20-,21-,22+,24-,25-,26+,27-/m0/s1. The van der Waals surface area contributed by atoms with Gasteiger partial charge < -0.3 is 14.6 Å². The summed E-state index contributed by atoms with van der Waals surface area (Å²) in [6, 6.07) is 0. The number of aliphatic hydroxyl groups excluding tert-OH is 1. The molecule has 0 aromatic rings. The van der Waals surface area contributed by atoms with Crippen molar-refractivity contribution in [1.29, 1.82) is 0 Å². The van der Waals surface area contributed by atoms with Gasteiger partial charge in [-0.25, -0.2) is 0 Å². The second kappa shape index (κ2) is 6.79. The van der Waals surface area contributed by atoms with Gasteiger partial charge in [0.2, 0.25) is 0 Å². The molecule has 174 valence electrons. The highest BCUT2D eigenvalue weighted by molar-refractivity contribution is 5.87. The molecule has 6 aliphatic rings. The molecule has 0 aromatic carbocycles. The maximum Gasteiger partial charge on any atom is 0.171 e. The summed E-state index contributed by atoms with van der Waals surface area (Å²) in [6.45, 7) is 10.1. The van der Waals surface area contributed by atoms with Gasteiger partial charge in [-0.3, -0.25) is 4.79 Å². The smallest absolute Gasteiger partial charge is 0.171 e. The predicted molar refractivity (Wildman–Crippen MR) is 118 cm³/mol. The molecule has 31 heavy (non-hydrogen) atoms.